The fourth-order valence-corrected chi connectivity index (χ4v) is 6.04. The first-order valence-electron chi connectivity index (χ1n) is 12.7. The molecule has 3 heterocycles. The number of benzene rings is 3. The van der Waals surface area contributed by atoms with Gasteiger partial charge in [-0.1, -0.05) is 54.6 Å². The first kappa shape index (κ1) is 23.6. The van der Waals surface area contributed by atoms with Gasteiger partial charge in [-0.15, -0.1) is 0 Å². The second kappa shape index (κ2) is 9.90. The molecule has 0 spiro atoms. The predicted octanol–water partition coefficient (Wildman–Crippen LogP) is 5.89. The first-order chi connectivity index (χ1) is 18.1. The number of rotatable bonds is 5. The summed E-state index contributed by atoms with van der Waals surface area (Å²) in [5.74, 6) is -0.554. The molecule has 0 N–H and O–H groups in total. The lowest BCUT2D eigenvalue weighted by Crippen LogP contribution is -2.44. The third kappa shape index (κ3) is 4.67. The molecule has 37 heavy (non-hydrogen) atoms. The molecule has 0 radical (unpaired) electrons. The van der Waals surface area contributed by atoms with E-state index in [2.05, 4.69) is 41.0 Å². The first-order valence-corrected chi connectivity index (χ1v) is 13.5. The Balaban J connectivity index is 1.27. The average molecular weight is 510 g/mol. The van der Waals surface area contributed by atoms with Crippen LogP contribution in [0.4, 0.5) is 4.79 Å². The second-order valence-electron chi connectivity index (χ2n) is 9.62. The van der Waals surface area contributed by atoms with Crippen LogP contribution in [0.2, 0.25) is 0 Å². The molecule has 0 bridgehead atoms. The maximum atomic E-state index is 13.1. The van der Waals surface area contributed by atoms with E-state index >= 15 is 0 Å². The van der Waals surface area contributed by atoms with Crippen LogP contribution in [0.5, 0.6) is 0 Å². The maximum Gasteiger partial charge on any atom is 0.294 e. The molecule has 0 aliphatic carbocycles. The van der Waals surface area contributed by atoms with E-state index in [1.165, 1.54) is 16.3 Å². The molecule has 6 nitrogen and oxygen atoms in total. The number of aromatic nitrogens is 1. The van der Waals surface area contributed by atoms with Crippen LogP contribution in [-0.2, 0) is 16.1 Å². The average Bonchev–Trinajstić information content (AvgIpc) is 3.40. The Kier molecular flexibility index (Phi) is 6.30. The molecule has 0 atom stereocenters. The third-order valence-electron chi connectivity index (χ3n) is 7.15. The standard InChI is InChI=1S/C30H27N3O3S/c34-28(31-14-6-1-7-15-31)20-33-29(35)27(37-30(33)36)17-24-19-32(26-11-5-4-10-25(24)26)18-21-12-13-22-8-2-3-9-23(22)16-21/h2-5,8-13,16-17,19H,1,6-7,14-15,18,20H2/b27-17-. The molecule has 0 saturated carbocycles. The van der Waals surface area contributed by atoms with Crippen LogP contribution in [0.15, 0.2) is 77.8 Å². The van der Waals surface area contributed by atoms with Gasteiger partial charge in [-0.05, 0) is 65.6 Å². The number of imide groups is 1. The minimum atomic E-state index is -0.397. The fraction of sp³-hybridized carbons (Fsp3) is 0.233. The smallest absolute Gasteiger partial charge is 0.294 e. The number of carbonyl (C=O) groups is 3. The summed E-state index contributed by atoms with van der Waals surface area (Å²) in [4.78, 5) is 41.7. The molecule has 2 saturated heterocycles. The van der Waals surface area contributed by atoms with Crippen LogP contribution in [0.3, 0.4) is 0 Å². The molecule has 0 unspecified atom stereocenters. The maximum absolute atomic E-state index is 13.1. The summed E-state index contributed by atoms with van der Waals surface area (Å²) in [6.45, 7) is 1.89. The molecule has 1 aromatic heterocycles. The number of thioether (sulfide) groups is 1. The molecule has 2 fully saturated rings. The Labute approximate surface area is 219 Å². The summed E-state index contributed by atoms with van der Waals surface area (Å²) in [7, 11) is 0. The number of carbonyl (C=O) groups excluding carboxylic acids is 3. The summed E-state index contributed by atoms with van der Waals surface area (Å²) in [6, 6.07) is 22.9. The summed E-state index contributed by atoms with van der Waals surface area (Å²) < 4.78 is 2.18. The van der Waals surface area contributed by atoms with E-state index in [9.17, 15) is 14.4 Å². The Bertz CT molecular complexity index is 1560. The highest BCUT2D eigenvalue weighted by molar-refractivity contribution is 8.18. The van der Waals surface area contributed by atoms with Crippen molar-refractivity contribution >= 4 is 56.6 Å². The summed E-state index contributed by atoms with van der Waals surface area (Å²) >= 11 is 0.907. The van der Waals surface area contributed by atoms with Crippen molar-refractivity contribution in [2.24, 2.45) is 0 Å². The van der Waals surface area contributed by atoms with E-state index in [-0.39, 0.29) is 17.7 Å². The fourth-order valence-electron chi connectivity index (χ4n) is 5.21. The van der Waals surface area contributed by atoms with Gasteiger partial charge in [-0.2, -0.15) is 0 Å². The van der Waals surface area contributed by atoms with Crippen molar-refractivity contribution < 1.29 is 14.4 Å². The number of amides is 3. The lowest BCUT2D eigenvalue weighted by atomic mass is 10.1. The molecule has 6 rings (SSSR count). The number of hydrogen-bond acceptors (Lipinski definition) is 4. The highest BCUT2D eigenvalue weighted by atomic mass is 32.2. The zero-order valence-electron chi connectivity index (χ0n) is 20.4. The van der Waals surface area contributed by atoms with Crippen LogP contribution in [0.1, 0.15) is 30.4 Å². The van der Waals surface area contributed by atoms with Crippen LogP contribution < -0.4 is 0 Å². The second-order valence-corrected chi connectivity index (χ2v) is 10.6. The van der Waals surface area contributed by atoms with Crippen LogP contribution in [-0.4, -0.2) is 51.1 Å². The minimum Gasteiger partial charge on any atom is -0.342 e. The summed E-state index contributed by atoms with van der Waals surface area (Å²) in [5, 5.41) is 3.03. The Morgan fingerprint density at radius 2 is 1.65 bits per heavy atom. The molecule has 2 aliphatic heterocycles. The number of likely N-dealkylation sites (tertiary alicyclic amines) is 1. The van der Waals surface area contributed by atoms with Gasteiger partial charge < -0.3 is 9.47 Å². The van der Waals surface area contributed by atoms with Gasteiger partial charge in [0.2, 0.25) is 5.91 Å². The molecule has 4 aromatic rings. The lowest BCUT2D eigenvalue weighted by Gasteiger charge is -2.27. The SMILES string of the molecule is O=C(CN1C(=O)S/C(=C\c2cn(Cc3ccc4ccccc4c3)c3ccccc23)C1=O)N1CCCCC1. The van der Waals surface area contributed by atoms with Crippen LogP contribution in [0.25, 0.3) is 27.8 Å². The Morgan fingerprint density at radius 3 is 2.49 bits per heavy atom. The van der Waals surface area contributed by atoms with E-state index < -0.39 is 5.91 Å². The monoisotopic (exact) mass is 509 g/mol. The zero-order chi connectivity index (χ0) is 25.4. The van der Waals surface area contributed by atoms with E-state index in [0.717, 1.165) is 52.4 Å². The number of hydrogen-bond donors (Lipinski definition) is 0. The van der Waals surface area contributed by atoms with Gasteiger partial charge in [0.15, 0.2) is 0 Å². The van der Waals surface area contributed by atoms with Crippen molar-refractivity contribution in [2.75, 3.05) is 19.6 Å². The van der Waals surface area contributed by atoms with Gasteiger partial charge in [0.25, 0.3) is 11.1 Å². The van der Waals surface area contributed by atoms with Crippen molar-refractivity contribution in [1.29, 1.82) is 0 Å². The highest BCUT2D eigenvalue weighted by Gasteiger charge is 2.37. The van der Waals surface area contributed by atoms with Crippen molar-refractivity contribution in [2.45, 2.75) is 25.8 Å². The minimum absolute atomic E-state index is 0.157. The van der Waals surface area contributed by atoms with E-state index in [4.69, 9.17) is 0 Å². The van der Waals surface area contributed by atoms with Gasteiger partial charge in [-0.3, -0.25) is 19.3 Å². The van der Waals surface area contributed by atoms with Crippen LogP contribution >= 0.6 is 11.8 Å². The number of para-hydroxylation sites is 1. The van der Waals surface area contributed by atoms with Crippen molar-refractivity contribution in [3.8, 4) is 0 Å². The normalized spacial score (nSPS) is 17.5. The quantitative estimate of drug-likeness (QED) is 0.315. The number of fused-ring (bicyclic) bond motifs is 2. The van der Waals surface area contributed by atoms with E-state index in [1.807, 2.05) is 36.5 Å². The number of nitrogens with zero attached hydrogens (tertiary/aromatic N) is 3. The molecular weight excluding hydrogens is 482 g/mol. The van der Waals surface area contributed by atoms with Gasteiger partial charge in [0, 0.05) is 42.3 Å². The van der Waals surface area contributed by atoms with Crippen molar-refractivity contribution in [3.63, 3.8) is 0 Å². The van der Waals surface area contributed by atoms with E-state index in [1.54, 1.807) is 11.0 Å². The third-order valence-corrected chi connectivity index (χ3v) is 8.06. The highest BCUT2D eigenvalue weighted by Crippen LogP contribution is 2.34. The summed E-state index contributed by atoms with van der Waals surface area (Å²) in [5.41, 5.74) is 3.12. The van der Waals surface area contributed by atoms with Gasteiger partial charge in [-0.25, -0.2) is 0 Å². The number of piperidine rings is 1. The Hall–Kier alpha value is -3.84. The lowest BCUT2D eigenvalue weighted by molar-refractivity contribution is -0.136. The topological polar surface area (TPSA) is 62.6 Å². The molecule has 3 aromatic carbocycles. The van der Waals surface area contributed by atoms with Gasteiger partial charge >= 0.3 is 0 Å². The summed E-state index contributed by atoms with van der Waals surface area (Å²) in [6.07, 6.45) is 6.87. The Morgan fingerprint density at radius 1 is 0.892 bits per heavy atom. The van der Waals surface area contributed by atoms with Crippen molar-refractivity contribution in [1.82, 2.24) is 14.4 Å². The van der Waals surface area contributed by atoms with E-state index in [0.29, 0.717) is 24.5 Å². The van der Waals surface area contributed by atoms with Gasteiger partial charge in [0.1, 0.15) is 6.54 Å². The molecule has 186 valence electrons. The molecular formula is C30H27N3O3S. The van der Waals surface area contributed by atoms with Gasteiger partial charge in [0.05, 0.1) is 4.91 Å². The molecule has 3 amide bonds. The van der Waals surface area contributed by atoms with Crippen molar-refractivity contribution in [3.05, 3.63) is 89.0 Å². The molecule has 2 aliphatic rings. The predicted molar refractivity (Wildman–Crippen MR) is 148 cm³/mol. The molecule has 7 heteroatoms. The largest absolute Gasteiger partial charge is 0.342 e. The zero-order valence-corrected chi connectivity index (χ0v) is 21.2. The van der Waals surface area contributed by atoms with Crippen LogP contribution in [0, 0.1) is 0 Å².